The Kier molecular flexibility index (Phi) is 5.84. The fourth-order valence-electron chi connectivity index (χ4n) is 2.19. The molecule has 0 heterocycles. The molecule has 0 spiro atoms. The molecule has 0 unspecified atom stereocenters. The van der Waals surface area contributed by atoms with Gasteiger partial charge in [0.05, 0.1) is 4.92 Å². The van der Waals surface area contributed by atoms with Crippen molar-refractivity contribution in [1.29, 1.82) is 0 Å². The van der Waals surface area contributed by atoms with Gasteiger partial charge < -0.3 is 5.32 Å². The monoisotopic (exact) mass is 324 g/mol. The Morgan fingerprint density at radius 3 is 2.33 bits per heavy atom. The minimum absolute atomic E-state index is 0.0259. The molecule has 0 fully saturated rings. The molecule has 0 saturated carbocycles. The zero-order chi connectivity index (χ0) is 17.5. The third kappa shape index (κ3) is 4.78. The lowest BCUT2D eigenvalue weighted by molar-refractivity contribution is -0.384. The van der Waals surface area contributed by atoms with Crippen LogP contribution in [0.2, 0.25) is 0 Å². The summed E-state index contributed by atoms with van der Waals surface area (Å²) in [4.78, 5) is 22.1. The lowest BCUT2D eigenvalue weighted by Crippen LogP contribution is -2.07. The highest BCUT2D eigenvalue weighted by Gasteiger charge is 2.04. The number of carbonyl (C=O) groups is 1. The summed E-state index contributed by atoms with van der Waals surface area (Å²) in [5.41, 5.74) is 2.73. The summed E-state index contributed by atoms with van der Waals surface area (Å²) in [6.07, 6.45) is 4.10. The Bertz CT molecular complexity index is 734. The van der Waals surface area contributed by atoms with Crippen molar-refractivity contribution >= 4 is 23.4 Å². The Morgan fingerprint density at radius 2 is 1.79 bits per heavy atom. The average Bonchev–Trinajstić information content (AvgIpc) is 2.60. The molecule has 2 aromatic rings. The Labute approximate surface area is 141 Å². The molecule has 0 bridgehead atoms. The lowest BCUT2D eigenvalue weighted by Gasteiger charge is -2.09. The van der Waals surface area contributed by atoms with E-state index in [0.717, 1.165) is 17.7 Å². The molecule has 1 N–H and O–H groups in total. The SMILES string of the molecule is CC[C@H](C)c1ccc(NC(=O)/C=C/c2ccc([N+](=O)[O-])cc2)cc1. The van der Waals surface area contributed by atoms with Crippen LogP contribution in [0.4, 0.5) is 11.4 Å². The summed E-state index contributed by atoms with van der Waals surface area (Å²) in [5.74, 6) is 0.251. The maximum absolute atomic E-state index is 11.9. The molecule has 2 rings (SSSR count). The summed E-state index contributed by atoms with van der Waals surface area (Å²) in [6.45, 7) is 4.31. The van der Waals surface area contributed by atoms with Crippen LogP contribution in [0.3, 0.4) is 0 Å². The van der Waals surface area contributed by atoms with Crippen LogP contribution in [0, 0.1) is 10.1 Å². The van der Waals surface area contributed by atoms with Gasteiger partial charge in [-0.3, -0.25) is 14.9 Å². The summed E-state index contributed by atoms with van der Waals surface area (Å²) in [6, 6.07) is 13.8. The Hall–Kier alpha value is -2.95. The number of nitrogens with one attached hydrogen (secondary N) is 1. The fourth-order valence-corrected chi connectivity index (χ4v) is 2.19. The van der Waals surface area contributed by atoms with E-state index < -0.39 is 4.92 Å². The highest BCUT2D eigenvalue weighted by atomic mass is 16.6. The van der Waals surface area contributed by atoms with Crippen molar-refractivity contribution in [1.82, 2.24) is 0 Å². The molecule has 0 aliphatic carbocycles. The number of non-ortho nitro benzene ring substituents is 1. The Morgan fingerprint density at radius 1 is 1.17 bits per heavy atom. The second kappa shape index (κ2) is 8.06. The predicted molar refractivity (Wildman–Crippen MR) is 95.9 cm³/mol. The fraction of sp³-hybridized carbons (Fsp3) is 0.211. The maximum atomic E-state index is 11.9. The predicted octanol–water partition coefficient (Wildman–Crippen LogP) is 4.76. The summed E-state index contributed by atoms with van der Waals surface area (Å²) < 4.78 is 0. The highest BCUT2D eigenvalue weighted by molar-refractivity contribution is 6.01. The van der Waals surface area contributed by atoms with E-state index in [0.29, 0.717) is 5.92 Å². The van der Waals surface area contributed by atoms with Gasteiger partial charge in [0.25, 0.3) is 5.69 Å². The van der Waals surface area contributed by atoms with E-state index in [9.17, 15) is 14.9 Å². The lowest BCUT2D eigenvalue weighted by atomic mass is 9.99. The standard InChI is InChI=1S/C19H20N2O3/c1-3-14(2)16-7-9-17(10-8-16)20-19(22)13-6-15-4-11-18(12-5-15)21(23)24/h4-14H,3H2,1-2H3,(H,20,22)/b13-6+/t14-/m0/s1. The van der Waals surface area contributed by atoms with Gasteiger partial charge in [-0.2, -0.15) is 0 Å². The van der Waals surface area contributed by atoms with E-state index >= 15 is 0 Å². The van der Waals surface area contributed by atoms with Gasteiger partial charge in [-0.25, -0.2) is 0 Å². The van der Waals surface area contributed by atoms with Crippen LogP contribution in [0.1, 0.15) is 37.3 Å². The zero-order valence-corrected chi connectivity index (χ0v) is 13.7. The molecule has 0 aliphatic heterocycles. The first-order chi connectivity index (χ1) is 11.5. The van der Waals surface area contributed by atoms with Gasteiger partial charge >= 0.3 is 0 Å². The molecule has 124 valence electrons. The minimum Gasteiger partial charge on any atom is -0.323 e. The molecule has 5 nitrogen and oxygen atoms in total. The molecule has 0 radical (unpaired) electrons. The normalized spacial score (nSPS) is 12.1. The van der Waals surface area contributed by atoms with Gasteiger partial charge in [-0.15, -0.1) is 0 Å². The van der Waals surface area contributed by atoms with Crippen molar-refractivity contribution in [3.63, 3.8) is 0 Å². The van der Waals surface area contributed by atoms with Crippen LogP contribution < -0.4 is 5.32 Å². The van der Waals surface area contributed by atoms with Crippen LogP contribution in [-0.2, 0) is 4.79 Å². The van der Waals surface area contributed by atoms with Crippen molar-refractivity contribution in [2.45, 2.75) is 26.2 Å². The molecule has 0 aliphatic rings. The second-order valence-corrected chi connectivity index (χ2v) is 5.60. The molecule has 2 aromatic carbocycles. The van der Waals surface area contributed by atoms with Crippen LogP contribution in [-0.4, -0.2) is 10.8 Å². The van der Waals surface area contributed by atoms with Crippen molar-refractivity contribution in [2.24, 2.45) is 0 Å². The number of carbonyl (C=O) groups excluding carboxylic acids is 1. The van der Waals surface area contributed by atoms with Crippen molar-refractivity contribution in [3.05, 3.63) is 75.8 Å². The van der Waals surface area contributed by atoms with Gasteiger partial charge in [0.1, 0.15) is 0 Å². The van der Waals surface area contributed by atoms with Crippen molar-refractivity contribution in [3.8, 4) is 0 Å². The maximum Gasteiger partial charge on any atom is 0.269 e. The summed E-state index contributed by atoms with van der Waals surface area (Å²) in [5, 5.41) is 13.4. The van der Waals surface area contributed by atoms with E-state index in [2.05, 4.69) is 19.2 Å². The third-order valence-electron chi connectivity index (χ3n) is 3.89. The number of nitro benzene ring substituents is 1. The topological polar surface area (TPSA) is 72.2 Å². The quantitative estimate of drug-likeness (QED) is 0.473. The number of nitro groups is 1. The van der Waals surface area contributed by atoms with Gasteiger partial charge in [0.2, 0.25) is 5.91 Å². The number of hydrogen-bond donors (Lipinski definition) is 1. The van der Waals surface area contributed by atoms with E-state index in [1.807, 2.05) is 24.3 Å². The molecular weight excluding hydrogens is 304 g/mol. The number of hydrogen-bond acceptors (Lipinski definition) is 3. The summed E-state index contributed by atoms with van der Waals surface area (Å²) in [7, 11) is 0. The van der Waals surface area contributed by atoms with Crippen LogP contribution in [0.5, 0.6) is 0 Å². The van der Waals surface area contributed by atoms with Gasteiger partial charge in [-0.05, 0) is 53.8 Å². The first kappa shape index (κ1) is 17.4. The van der Waals surface area contributed by atoms with Gasteiger partial charge in [0, 0.05) is 23.9 Å². The van der Waals surface area contributed by atoms with Crippen molar-refractivity contribution < 1.29 is 9.72 Å². The highest BCUT2D eigenvalue weighted by Crippen LogP contribution is 2.20. The smallest absolute Gasteiger partial charge is 0.269 e. The second-order valence-electron chi connectivity index (χ2n) is 5.60. The number of rotatable bonds is 6. The first-order valence-electron chi connectivity index (χ1n) is 7.83. The largest absolute Gasteiger partial charge is 0.323 e. The molecule has 1 amide bonds. The van der Waals surface area contributed by atoms with Gasteiger partial charge in [0.15, 0.2) is 0 Å². The molecule has 1 atom stereocenters. The molecule has 5 heteroatoms. The first-order valence-corrected chi connectivity index (χ1v) is 7.83. The third-order valence-corrected chi connectivity index (χ3v) is 3.89. The van der Waals surface area contributed by atoms with Crippen LogP contribution in [0.15, 0.2) is 54.6 Å². The number of nitrogens with zero attached hydrogens (tertiary/aromatic N) is 1. The van der Waals surface area contributed by atoms with Crippen LogP contribution in [0.25, 0.3) is 6.08 Å². The average molecular weight is 324 g/mol. The molecular formula is C19H20N2O3. The number of amides is 1. The molecule has 24 heavy (non-hydrogen) atoms. The minimum atomic E-state index is -0.455. The van der Waals surface area contributed by atoms with Crippen molar-refractivity contribution in [2.75, 3.05) is 5.32 Å². The van der Waals surface area contributed by atoms with E-state index in [4.69, 9.17) is 0 Å². The van der Waals surface area contributed by atoms with E-state index in [1.165, 1.54) is 23.8 Å². The van der Waals surface area contributed by atoms with Crippen LogP contribution >= 0.6 is 0 Å². The molecule has 0 saturated heterocycles. The zero-order valence-electron chi connectivity index (χ0n) is 13.7. The Balaban J connectivity index is 1.96. The molecule has 0 aromatic heterocycles. The van der Waals surface area contributed by atoms with E-state index in [1.54, 1.807) is 18.2 Å². The number of benzene rings is 2. The summed E-state index contributed by atoms with van der Waals surface area (Å²) >= 11 is 0. The number of anilines is 1. The van der Waals surface area contributed by atoms with E-state index in [-0.39, 0.29) is 11.6 Å². The van der Waals surface area contributed by atoms with Gasteiger partial charge in [-0.1, -0.05) is 26.0 Å².